The molecule has 5 heteroatoms. The summed E-state index contributed by atoms with van der Waals surface area (Å²) >= 11 is 0. The van der Waals surface area contributed by atoms with Crippen molar-refractivity contribution in [3.05, 3.63) is 18.0 Å². The smallest absolute Gasteiger partial charge is 0.194 e. The summed E-state index contributed by atoms with van der Waals surface area (Å²) in [4.78, 5) is 6.49. The first-order valence-electron chi connectivity index (χ1n) is 4.78. The van der Waals surface area contributed by atoms with Crippen LogP contribution >= 0.6 is 0 Å². The summed E-state index contributed by atoms with van der Waals surface area (Å²) in [5.74, 6) is 0.971. The van der Waals surface area contributed by atoms with Crippen LogP contribution in [-0.4, -0.2) is 41.2 Å². The minimum Gasteiger partial charge on any atom is -0.350 e. The molecule has 0 spiro atoms. The van der Waals surface area contributed by atoms with Gasteiger partial charge in [-0.3, -0.25) is 10.1 Å². The predicted octanol–water partition coefficient (Wildman–Crippen LogP) is 0.362. The zero-order valence-corrected chi connectivity index (χ0v) is 8.49. The second kappa shape index (κ2) is 3.69. The number of rotatable bonds is 2. The summed E-state index contributed by atoms with van der Waals surface area (Å²) in [5.41, 5.74) is 1.15. The fraction of sp³-hybridized carbons (Fsp3) is 0.556. The SMILES string of the molecule is CC(NC1=NCCN1C)c1cn[nH]c1. The van der Waals surface area contributed by atoms with Crippen LogP contribution in [0.3, 0.4) is 0 Å². The summed E-state index contributed by atoms with van der Waals surface area (Å²) in [6.45, 7) is 3.98. The molecule has 0 aromatic carbocycles. The van der Waals surface area contributed by atoms with E-state index in [9.17, 15) is 0 Å². The largest absolute Gasteiger partial charge is 0.350 e. The zero-order chi connectivity index (χ0) is 9.97. The molecular weight excluding hydrogens is 178 g/mol. The van der Waals surface area contributed by atoms with Gasteiger partial charge in [-0.15, -0.1) is 0 Å². The lowest BCUT2D eigenvalue weighted by atomic mass is 10.2. The van der Waals surface area contributed by atoms with Crippen LogP contribution in [0.5, 0.6) is 0 Å². The Morgan fingerprint density at radius 3 is 3.07 bits per heavy atom. The fourth-order valence-electron chi connectivity index (χ4n) is 1.46. The van der Waals surface area contributed by atoms with Gasteiger partial charge in [-0.25, -0.2) is 0 Å². The molecule has 0 fully saturated rings. The molecule has 0 aliphatic carbocycles. The number of likely N-dealkylation sites (N-methyl/N-ethyl adjacent to an activating group) is 1. The standard InChI is InChI=1S/C9H15N5/c1-7(8-5-11-12-6-8)13-9-10-3-4-14(9)2/h5-7H,3-4H2,1-2H3,(H,10,13)(H,11,12). The van der Waals surface area contributed by atoms with Crippen molar-refractivity contribution in [3.63, 3.8) is 0 Å². The molecule has 1 aromatic heterocycles. The molecule has 5 nitrogen and oxygen atoms in total. The third kappa shape index (κ3) is 1.71. The average molecular weight is 193 g/mol. The van der Waals surface area contributed by atoms with Crippen LogP contribution in [-0.2, 0) is 0 Å². The Hall–Kier alpha value is -1.52. The summed E-state index contributed by atoms with van der Waals surface area (Å²) in [5, 5.41) is 10.1. The Bertz CT molecular complexity index is 316. The van der Waals surface area contributed by atoms with Gasteiger partial charge < -0.3 is 10.2 Å². The van der Waals surface area contributed by atoms with Crippen molar-refractivity contribution in [1.29, 1.82) is 0 Å². The molecule has 2 N–H and O–H groups in total. The molecule has 0 saturated carbocycles. The number of hydrogen-bond donors (Lipinski definition) is 2. The monoisotopic (exact) mass is 193 g/mol. The van der Waals surface area contributed by atoms with Gasteiger partial charge in [-0.1, -0.05) is 0 Å². The van der Waals surface area contributed by atoms with Crippen LogP contribution in [0.2, 0.25) is 0 Å². The molecule has 1 aliphatic heterocycles. The molecule has 1 unspecified atom stereocenters. The lowest BCUT2D eigenvalue weighted by Gasteiger charge is -2.19. The highest BCUT2D eigenvalue weighted by atomic mass is 15.3. The van der Waals surface area contributed by atoms with Crippen molar-refractivity contribution in [2.45, 2.75) is 13.0 Å². The minimum absolute atomic E-state index is 0.244. The first-order valence-corrected chi connectivity index (χ1v) is 4.78. The van der Waals surface area contributed by atoms with Crippen molar-refractivity contribution < 1.29 is 0 Å². The molecule has 76 valence electrons. The van der Waals surface area contributed by atoms with E-state index in [1.165, 1.54) is 0 Å². The van der Waals surface area contributed by atoms with Gasteiger partial charge in [-0.2, -0.15) is 5.10 Å². The predicted molar refractivity (Wildman–Crippen MR) is 55.1 cm³/mol. The number of aromatic amines is 1. The molecule has 0 bridgehead atoms. The summed E-state index contributed by atoms with van der Waals surface area (Å²) in [7, 11) is 2.04. The van der Waals surface area contributed by atoms with Gasteiger partial charge in [0, 0.05) is 25.4 Å². The molecule has 0 radical (unpaired) electrons. The van der Waals surface area contributed by atoms with E-state index in [-0.39, 0.29) is 6.04 Å². The maximum atomic E-state index is 4.37. The average Bonchev–Trinajstić information content (AvgIpc) is 2.77. The van der Waals surface area contributed by atoms with E-state index in [0.29, 0.717) is 0 Å². The number of aromatic nitrogens is 2. The van der Waals surface area contributed by atoms with Gasteiger partial charge in [0.15, 0.2) is 5.96 Å². The maximum Gasteiger partial charge on any atom is 0.194 e. The van der Waals surface area contributed by atoms with Gasteiger partial charge in [0.1, 0.15) is 0 Å². The number of nitrogens with one attached hydrogen (secondary N) is 2. The lowest BCUT2D eigenvalue weighted by molar-refractivity contribution is 0.520. The molecule has 0 saturated heterocycles. The van der Waals surface area contributed by atoms with Crippen LogP contribution in [0.25, 0.3) is 0 Å². The van der Waals surface area contributed by atoms with Crippen LogP contribution in [0.1, 0.15) is 18.5 Å². The quantitative estimate of drug-likeness (QED) is 0.713. The van der Waals surface area contributed by atoms with Crippen molar-refractivity contribution >= 4 is 5.96 Å². The van der Waals surface area contributed by atoms with Crippen molar-refractivity contribution in [1.82, 2.24) is 20.4 Å². The van der Waals surface area contributed by atoms with Crippen LogP contribution in [0.15, 0.2) is 17.4 Å². The zero-order valence-electron chi connectivity index (χ0n) is 8.49. The van der Waals surface area contributed by atoms with Crippen molar-refractivity contribution in [2.24, 2.45) is 4.99 Å². The van der Waals surface area contributed by atoms with Gasteiger partial charge in [0.05, 0.1) is 18.8 Å². The highest BCUT2D eigenvalue weighted by Gasteiger charge is 2.15. The molecule has 0 amide bonds. The first kappa shape index (κ1) is 9.05. The molecule has 14 heavy (non-hydrogen) atoms. The van der Waals surface area contributed by atoms with Crippen LogP contribution in [0, 0.1) is 0 Å². The van der Waals surface area contributed by atoms with Gasteiger partial charge in [0.25, 0.3) is 0 Å². The summed E-state index contributed by atoms with van der Waals surface area (Å²) in [6, 6.07) is 0.244. The van der Waals surface area contributed by atoms with E-state index in [0.717, 1.165) is 24.6 Å². The van der Waals surface area contributed by atoms with Gasteiger partial charge >= 0.3 is 0 Å². The Kier molecular flexibility index (Phi) is 2.39. The molecule has 2 rings (SSSR count). The van der Waals surface area contributed by atoms with Gasteiger partial charge in [0.2, 0.25) is 0 Å². The van der Waals surface area contributed by atoms with Crippen LogP contribution in [0.4, 0.5) is 0 Å². The van der Waals surface area contributed by atoms with E-state index >= 15 is 0 Å². The normalized spacial score (nSPS) is 18.1. The Labute approximate surface area is 83.2 Å². The van der Waals surface area contributed by atoms with Gasteiger partial charge in [-0.05, 0) is 6.92 Å². The molecule has 2 heterocycles. The summed E-state index contributed by atoms with van der Waals surface area (Å²) in [6.07, 6.45) is 3.72. The Morgan fingerprint density at radius 1 is 1.64 bits per heavy atom. The van der Waals surface area contributed by atoms with E-state index in [1.54, 1.807) is 0 Å². The number of H-pyrrole nitrogens is 1. The molecule has 1 aliphatic rings. The number of hydrogen-bond acceptors (Lipinski definition) is 4. The van der Waals surface area contributed by atoms with E-state index in [2.05, 4.69) is 32.3 Å². The minimum atomic E-state index is 0.244. The lowest BCUT2D eigenvalue weighted by Crippen LogP contribution is -2.36. The summed E-state index contributed by atoms with van der Waals surface area (Å²) < 4.78 is 0. The van der Waals surface area contributed by atoms with Crippen molar-refractivity contribution in [3.8, 4) is 0 Å². The molecular formula is C9H15N5. The van der Waals surface area contributed by atoms with Crippen molar-refractivity contribution in [2.75, 3.05) is 20.1 Å². The number of guanidine groups is 1. The topological polar surface area (TPSA) is 56.3 Å². The Morgan fingerprint density at radius 2 is 2.50 bits per heavy atom. The number of aliphatic imine (C=N–C) groups is 1. The fourth-order valence-corrected chi connectivity index (χ4v) is 1.46. The van der Waals surface area contributed by atoms with E-state index < -0.39 is 0 Å². The second-order valence-electron chi connectivity index (χ2n) is 3.52. The number of nitrogens with zero attached hydrogens (tertiary/aromatic N) is 3. The third-order valence-corrected chi connectivity index (χ3v) is 2.42. The third-order valence-electron chi connectivity index (χ3n) is 2.42. The first-order chi connectivity index (χ1) is 6.77. The molecule has 1 atom stereocenters. The van der Waals surface area contributed by atoms with Crippen LogP contribution < -0.4 is 5.32 Å². The van der Waals surface area contributed by atoms with E-state index in [4.69, 9.17) is 0 Å². The highest BCUT2D eigenvalue weighted by Crippen LogP contribution is 2.10. The maximum absolute atomic E-state index is 4.37. The molecule has 1 aromatic rings. The van der Waals surface area contributed by atoms with E-state index in [1.807, 2.05) is 19.4 Å². The highest BCUT2D eigenvalue weighted by molar-refractivity contribution is 5.81. The Balaban J connectivity index is 1.98. The second-order valence-corrected chi connectivity index (χ2v) is 3.52.